The molecule has 3 rings (SSSR count). The number of nitrogen functional groups attached to an aromatic ring is 1. The predicted octanol–water partition coefficient (Wildman–Crippen LogP) is 0.285. The minimum atomic E-state index is -0.885. The molecule has 0 amide bonds. The van der Waals surface area contributed by atoms with Crippen molar-refractivity contribution in [2.24, 2.45) is 0 Å². The number of aromatic amines is 1. The molecule has 0 aliphatic rings. The second-order valence-corrected chi connectivity index (χ2v) is 7.81. The van der Waals surface area contributed by atoms with Crippen molar-refractivity contribution in [3.8, 4) is 0 Å². The van der Waals surface area contributed by atoms with E-state index in [9.17, 15) is 9.59 Å². The Morgan fingerprint density at radius 3 is 2.79 bits per heavy atom. The first-order chi connectivity index (χ1) is 11.4. The summed E-state index contributed by atoms with van der Waals surface area (Å²) in [4.78, 5) is 32.0. The summed E-state index contributed by atoms with van der Waals surface area (Å²) in [7, 11) is 0. The molecule has 0 fully saturated rings. The van der Waals surface area contributed by atoms with Gasteiger partial charge in [0.05, 0.1) is 14.2 Å². The minimum Gasteiger partial charge on any atom is -0.391 e. The number of anilines is 1. The zero-order valence-corrected chi connectivity index (χ0v) is 14.6. The van der Waals surface area contributed by atoms with Gasteiger partial charge in [-0.2, -0.15) is 5.10 Å². The summed E-state index contributed by atoms with van der Waals surface area (Å²) < 4.78 is 2.50. The van der Waals surface area contributed by atoms with Crippen LogP contribution in [0.4, 0.5) is 5.00 Å². The van der Waals surface area contributed by atoms with Gasteiger partial charge in [-0.3, -0.25) is 9.59 Å². The lowest BCUT2D eigenvalue weighted by Crippen LogP contribution is -2.36. The minimum absolute atomic E-state index is 0.183. The Hall–Kier alpha value is -2.52. The summed E-state index contributed by atoms with van der Waals surface area (Å²) in [6.45, 7) is 3.49. The normalized spacial score (nSPS) is 13.6. The number of thiophene rings is 1. The zero-order valence-electron chi connectivity index (χ0n) is 13.0. The number of nitrogens with one attached hydrogen (secondary N) is 1. The Morgan fingerprint density at radius 1 is 1.38 bits per heavy atom. The molecule has 3 aromatic rings. The Balaban J connectivity index is 1.97. The van der Waals surface area contributed by atoms with Gasteiger partial charge in [0.25, 0.3) is 5.56 Å². The second-order valence-electron chi connectivity index (χ2n) is 5.58. The van der Waals surface area contributed by atoms with Crippen LogP contribution in [0.25, 0.3) is 12.2 Å². The maximum Gasteiger partial charge on any atom is 0.266 e. The molecule has 0 bridgehead atoms. The van der Waals surface area contributed by atoms with E-state index in [1.54, 1.807) is 26.0 Å². The van der Waals surface area contributed by atoms with Crippen LogP contribution < -0.4 is 20.5 Å². The number of hydrogen-bond donors (Lipinski definition) is 2. The van der Waals surface area contributed by atoms with E-state index in [1.807, 2.05) is 6.07 Å². The molecule has 3 N–H and O–H groups in total. The number of aromatic nitrogens is 4. The van der Waals surface area contributed by atoms with Crippen LogP contribution in [-0.4, -0.2) is 25.5 Å². The number of carbonyl (C=O) groups excluding carboxylic acids is 1. The summed E-state index contributed by atoms with van der Waals surface area (Å²) in [5.74, 6) is -0.183. The van der Waals surface area contributed by atoms with Crippen molar-refractivity contribution in [3.63, 3.8) is 0 Å². The number of H-pyrrole nitrogens is 1. The van der Waals surface area contributed by atoms with Gasteiger partial charge in [-0.05, 0) is 32.1 Å². The van der Waals surface area contributed by atoms with Crippen molar-refractivity contribution in [2.45, 2.75) is 19.4 Å². The molecule has 9 heteroatoms. The van der Waals surface area contributed by atoms with Crippen molar-refractivity contribution in [1.29, 1.82) is 0 Å². The molecule has 0 aromatic carbocycles. The highest BCUT2D eigenvalue weighted by Crippen LogP contribution is 2.18. The molecule has 0 aliphatic carbocycles. The Bertz CT molecular complexity index is 1040. The molecule has 0 unspecified atom stereocenters. The van der Waals surface area contributed by atoms with Crippen LogP contribution >= 0.6 is 22.7 Å². The number of nitrogens with zero attached hydrogens (tertiary/aromatic N) is 3. The summed E-state index contributed by atoms with van der Waals surface area (Å²) in [5.41, 5.74) is 4.57. The number of hydrogen-bond acceptors (Lipinski definition) is 7. The van der Waals surface area contributed by atoms with Crippen LogP contribution in [0, 0.1) is 0 Å². The summed E-state index contributed by atoms with van der Waals surface area (Å²) in [6.07, 6.45) is 6.05. The lowest BCUT2D eigenvalue weighted by atomic mass is 10.00. The number of ketones is 1. The van der Waals surface area contributed by atoms with Gasteiger partial charge in [0.15, 0.2) is 5.78 Å². The molecule has 7 nitrogen and oxygen atoms in total. The number of carbonyl (C=O) groups is 1. The van der Waals surface area contributed by atoms with Crippen LogP contribution in [-0.2, 0) is 10.3 Å². The van der Waals surface area contributed by atoms with E-state index >= 15 is 0 Å². The van der Waals surface area contributed by atoms with Gasteiger partial charge in [-0.1, -0.05) is 0 Å². The molecule has 0 saturated carbocycles. The molecule has 0 aliphatic heterocycles. The number of rotatable bonds is 4. The van der Waals surface area contributed by atoms with Gasteiger partial charge in [0, 0.05) is 11.0 Å². The first-order valence-electron chi connectivity index (χ1n) is 7.04. The van der Waals surface area contributed by atoms with Crippen molar-refractivity contribution >= 4 is 45.6 Å². The average Bonchev–Trinajstić information content (AvgIpc) is 3.23. The molecule has 3 heterocycles. The van der Waals surface area contributed by atoms with Crippen molar-refractivity contribution in [3.05, 3.63) is 49.2 Å². The van der Waals surface area contributed by atoms with Crippen LogP contribution in [0.3, 0.4) is 0 Å². The van der Waals surface area contributed by atoms with E-state index in [0.717, 1.165) is 4.88 Å². The first-order valence-corrected chi connectivity index (χ1v) is 8.67. The smallest absolute Gasteiger partial charge is 0.266 e. The quantitative estimate of drug-likeness (QED) is 0.694. The first kappa shape index (κ1) is 16.3. The fourth-order valence-corrected chi connectivity index (χ4v) is 3.68. The third-order valence-electron chi connectivity index (χ3n) is 3.46. The van der Waals surface area contributed by atoms with Crippen molar-refractivity contribution in [1.82, 2.24) is 19.7 Å². The molecule has 0 radical (unpaired) electrons. The Morgan fingerprint density at radius 2 is 2.17 bits per heavy atom. The largest absolute Gasteiger partial charge is 0.391 e. The van der Waals surface area contributed by atoms with E-state index in [1.165, 1.54) is 46.1 Å². The Kier molecular flexibility index (Phi) is 4.20. The molecule has 0 spiro atoms. The molecule has 3 aromatic heterocycles. The van der Waals surface area contributed by atoms with E-state index in [4.69, 9.17) is 5.73 Å². The van der Waals surface area contributed by atoms with Gasteiger partial charge in [0.2, 0.25) is 0 Å². The third-order valence-corrected chi connectivity index (χ3v) is 5.28. The molecule has 124 valence electrons. The zero-order chi connectivity index (χ0) is 17.3. The molecule has 0 atom stereocenters. The van der Waals surface area contributed by atoms with Gasteiger partial charge in [-0.15, -0.1) is 22.7 Å². The lowest BCUT2D eigenvalue weighted by molar-refractivity contribution is -0.120. The number of thiazole rings is 1. The van der Waals surface area contributed by atoms with Gasteiger partial charge in [0.1, 0.15) is 18.2 Å². The summed E-state index contributed by atoms with van der Waals surface area (Å²) >= 11 is 2.62. The highest BCUT2D eigenvalue weighted by Gasteiger charge is 2.28. The summed E-state index contributed by atoms with van der Waals surface area (Å²) in [6, 6.07) is 3.64. The fraction of sp³-hybridized carbons (Fsp3) is 0.200. The van der Waals surface area contributed by atoms with Crippen LogP contribution in [0.15, 0.2) is 29.6 Å². The van der Waals surface area contributed by atoms with Crippen molar-refractivity contribution in [2.75, 3.05) is 5.73 Å². The fourth-order valence-electron chi connectivity index (χ4n) is 2.01. The maximum atomic E-state index is 12.5. The van der Waals surface area contributed by atoms with E-state index in [-0.39, 0.29) is 11.3 Å². The molecule has 0 saturated heterocycles. The predicted molar refractivity (Wildman–Crippen MR) is 95.3 cm³/mol. The maximum absolute atomic E-state index is 12.5. The molecular weight excluding hydrogens is 346 g/mol. The van der Waals surface area contributed by atoms with E-state index in [2.05, 4.69) is 15.1 Å². The van der Waals surface area contributed by atoms with Crippen LogP contribution in [0.5, 0.6) is 0 Å². The standard InChI is InChI=1S/C15H15N5O2S2/c1-15(2,20-8-17-7-18-20)11(21)6-13-19-14(22)10(24-13)5-9-3-4-12(16)23-9/h3-8H,16H2,1-2H3,(H,19,22)/b10-5-,13-6+. The SMILES string of the molecule is CC(C)(C(=O)/C=c1\[nH]c(=O)/c(=C/c2ccc(N)s2)s1)n1cncn1. The van der Waals surface area contributed by atoms with E-state index in [0.29, 0.717) is 14.2 Å². The molecule has 24 heavy (non-hydrogen) atoms. The highest BCUT2D eigenvalue weighted by atomic mass is 32.1. The van der Waals surface area contributed by atoms with Crippen LogP contribution in [0.2, 0.25) is 0 Å². The van der Waals surface area contributed by atoms with E-state index < -0.39 is 5.54 Å². The lowest BCUT2D eigenvalue weighted by Gasteiger charge is -2.20. The third kappa shape index (κ3) is 3.22. The van der Waals surface area contributed by atoms with Crippen molar-refractivity contribution < 1.29 is 4.79 Å². The Labute approximate surface area is 144 Å². The highest BCUT2D eigenvalue weighted by molar-refractivity contribution is 7.16. The van der Waals surface area contributed by atoms with Gasteiger partial charge >= 0.3 is 0 Å². The monoisotopic (exact) mass is 361 g/mol. The van der Waals surface area contributed by atoms with Crippen LogP contribution in [0.1, 0.15) is 18.7 Å². The number of Topliss-reactive ketones (excluding diaryl/α,β-unsaturated/α-hetero) is 1. The topological polar surface area (TPSA) is 107 Å². The molecular formula is C15H15N5O2S2. The summed E-state index contributed by atoms with van der Waals surface area (Å²) in [5, 5.41) is 4.70. The van der Waals surface area contributed by atoms with Gasteiger partial charge in [-0.25, -0.2) is 9.67 Å². The number of nitrogens with two attached hydrogens (primary N) is 1. The second kappa shape index (κ2) is 6.17. The average molecular weight is 361 g/mol. The van der Waals surface area contributed by atoms with Gasteiger partial charge < -0.3 is 10.7 Å².